The van der Waals surface area contributed by atoms with Gasteiger partial charge in [0.05, 0.1) is 52.0 Å². The lowest BCUT2D eigenvalue weighted by molar-refractivity contribution is 0.0975. The average molecular weight is 847 g/mol. The molecule has 5 aromatic heterocycles. The summed E-state index contributed by atoms with van der Waals surface area (Å²) in [6, 6.07) is 8.44. The van der Waals surface area contributed by atoms with Crippen molar-refractivity contribution >= 4 is 110 Å². The molecule has 0 aliphatic heterocycles. The molecular weight excluding hydrogens is 810 g/mol. The lowest BCUT2D eigenvalue weighted by Crippen LogP contribution is -2.15. The Morgan fingerprint density at radius 3 is 1.34 bits per heavy atom. The molecule has 0 saturated heterocycles. The quantitative estimate of drug-likeness (QED) is 0.123. The second kappa shape index (κ2) is 13.8. The first-order valence-corrected chi connectivity index (χ1v) is 22.9. The number of thiophene rings is 3. The van der Waals surface area contributed by atoms with Crippen LogP contribution in [0.15, 0.2) is 47.5 Å². The lowest BCUT2D eigenvalue weighted by Gasteiger charge is -2.24. The fourth-order valence-electron chi connectivity index (χ4n) is 10.1. The van der Waals surface area contributed by atoms with Crippen LogP contribution >= 0.6 is 34.0 Å². The Morgan fingerprint density at radius 2 is 0.915 bits per heavy atom. The standard InChI is InChI=1S/C47H37F3N2O4S3/c1-22-12-27-28(17-33(22)48)41(54)31(40(27)53)13-25-15-36-44(57-25)46-38(51(36)20-23-8-4-2-5-9-23)39-47(59-46)45-37(52(39)21-24-10-6-3-7-11-24)16-26(58-45)14-32-42(55)29-18-34(49)35(50)19-30(29)43(32)56/h12-19,23-24H,2-11,20-21H2,1H3/b31-13-. The third kappa shape index (κ3) is 5.76. The van der Waals surface area contributed by atoms with E-state index in [-0.39, 0.29) is 39.2 Å². The number of halogens is 3. The Bertz CT molecular complexity index is 2810. The van der Waals surface area contributed by atoms with Gasteiger partial charge < -0.3 is 9.13 Å². The average Bonchev–Trinajstić information content (AvgIpc) is 4.08. The minimum Gasteiger partial charge on any atom is -0.337 e. The Morgan fingerprint density at radius 1 is 0.525 bits per heavy atom. The van der Waals surface area contributed by atoms with Gasteiger partial charge in [0.2, 0.25) is 0 Å². The Labute approximate surface area is 348 Å². The first-order valence-electron chi connectivity index (χ1n) is 20.5. The van der Waals surface area contributed by atoms with E-state index in [1.807, 2.05) is 0 Å². The molecule has 2 aromatic carbocycles. The van der Waals surface area contributed by atoms with E-state index in [9.17, 15) is 32.3 Å². The number of fused-ring (bicyclic) bond motifs is 9. The highest BCUT2D eigenvalue weighted by molar-refractivity contribution is 7.34. The third-order valence-corrected chi connectivity index (χ3v) is 16.7. The molecule has 5 heterocycles. The molecular formula is C47H37F3N2O4S3. The van der Waals surface area contributed by atoms with Gasteiger partial charge in [-0.05, 0) is 98.6 Å². The van der Waals surface area contributed by atoms with Gasteiger partial charge in [-0.1, -0.05) is 38.5 Å². The van der Waals surface area contributed by atoms with Crippen LogP contribution in [0.5, 0.6) is 0 Å². The van der Waals surface area contributed by atoms with Crippen LogP contribution < -0.4 is 0 Å². The van der Waals surface area contributed by atoms with Gasteiger partial charge in [-0.2, -0.15) is 0 Å². The fourth-order valence-corrected chi connectivity index (χ4v) is 13.9. The number of benzene rings is 2. The van der Waals surface area contributed by atoms with E-state index >= 15 is 0 Å². The summed E-state index contributed by atoms with van der Waals surface area (Å²) in [6.45, 7) is 3.28. The minimum atomic E-state index is -1.16. The van der Waals surface area contributed by atoms with Crippen molar-refractivity contribution in [3.05, 3.63) is 103 Å². The normalized spacial score (nSPS) is 18.6. The molecule has 298 valence electrons. The van der Waals surface area contributed by atoms with E-state index in [1.165, 1.54) is 73.0 Å². The third-order valence-electron chi connectivity index (χ3n) is 13.1. The SMILES string of the molecule is Cc1cc2c(cc1F)C(=O)/C(=C\c1cc3c(s1)c1sc4c5sc(C=C6C(=O)c7cc(F)c(F)cc7C6=O)cc5n(CC5CCCCC5)c4c1n3CC1CCCCC1)C2=O. The number of hydrogen-bond donors (Lipinski definition) is 0. The zero-order chi connectivity index (χ0) is 40.4. The van der Waals surface area contributed by atoms with Crippen LogP contribution in [0.3, 0.4) is 0 Å². The first-order chi connectivity index (χ1) is 28.5. The number of aryl methyl sites for hydroxylation is 1. The number of carbonyl (C=O) groups is 4. The smallest absolute Gasteiger partial charge is 0.197 e. The van der Waals surface area contributed by atoms with Crippen molar-refractivity contribution in [3.63, 3.8) is 0 Å². The summed E-state index contributed by atoms with van der Waals surface area (Å²) >= 11 is 4.81. The summed E-state index contributed by atoms with van der Waals surface area (Å²) in [5, 5.41) is 0. The summed E-state index contributed by atoms with van der Waals surface area (Å²) in [5.41, 5.74) is 4.93. The largest absolute Gasteiger partial charge is 0.337 e. The van der Waals surface area contributed by atoms with Crippen LogP contribution in [0.2, 0.25) is 0 Å². The molecule has 59 heavy (non-hydrogen) atoms. The number of Topliss-reactive ketones (excluding diaryl/α,β-unsaturated/α-hetero) is 4. The minimum absolute atomic E-state index is 0.0544. The van der Waals surface area contributed by atoms with Crippen molar-refractivity contribution in [2.45, 2.75) is 84.2 Å². The maximum absolute atomic E-state index is 14.5. The van der Waals surface area contributed by atoms with Crippen molar-refractivity contribution < 1.29 is 32.3 Å². The maximum Gasteiger partial charge on any atom is 0.197 e. The topological polar surface area (TPSA) is 78.1 Å². The molecule has 0 bridgehead atoms. The highest BCUT2D eigenvalue weighted by Gasteiger charge is 2.37. The number of ketones is 4. The monoisotopic (exact) mass is 846 g/mol. The van der Waals surface area contributed by atoms with Crippen LogP contribution in [0, 0.1) is 36.2 Å². The molecule has 4 aliphatic carbocycles. The van der Waals surface area contributed by atoms with E-state index in [4.69, 9.17) is 0 Å². The van der Waals surface area contributed by atoms with Gasteiger partial charge in [0.25, 0.3) is 0 Å². The Kier molecular flexibility index (Phi) is 8.69. The molecule has 7 aromatic rings. The zero-order valence-corrected chi connectivity index (χ0v) is 34.6. The second-order valence-corrected chi connectivity index (χ2v) is 20.0. The number of hydrogen-bond acceptors (Lipinski definition) is 7. The maximum atomic E-state index is 14.5. The van der Waals surface area contributed by atoms with Gasteiger partial charge >= 0.3 is 0 Å². The van der Waals surface area contributed by atoms with Crippen LogP contribution in [0.25, 0.3) is 53.0 Å². The second-order valence-electron chi connectivity index (χ2n) is 16.8. The van der Waals surface area contributed by atoms with Gasteiger partial charge in [-0.3, -0.25) is 19.2 Å². The van der Waals surface area contributed by atoms with E-state index in [1.54, 1.807) is 41.7 Å². The van der Waals surface area contributed by atoms with Crippen molar-refractivity contribution in [1.82, 2.24) is 9.13 Å². The summed E-state index contributed by atoms with van der Waals surface area (Å²) in [6.07, 6.45) is 15.1. The van der Waals surface area contributed by atoms with E-state index in [0.29, 0.717) is 17.4 Å². The molecule has 2 saturated carbocycles. The number of aromatic nitrogens is 2. The molecule has 0 amide bonds. The number of nitrogens with zero attached hydrogens (tertiary/aromatic N) is 2. The molecule has 12 heteroatoms. The van der Waals surface area contributed by atoms with Crippen LogP contribution in [0.1, 0.15) is 121 Å². The Balaban J connectivity index is 1.08. The molecule has 0 unspecified atom stereocenters. The summed E-state index contributed by atoms with van der Waals surface area (Å²) in [5.74, 6) is -3.85. The van der Waals surface area contributed by atoms with Crippen molar-refractivity contribution in [1.29, 1.82) is 0 Å². The number of allylic oxidation sites excluding steroid dienone is 2. The van der Waals surface area contributed by atoms with E-state index < -0.39 is 34.8 Å². The first kappa shape index (κ1) is 37.1. The van der Waals surface area contributed by atoms with E-state index in [2.05, 4.69) is 21.3 Å². The number of rotatable bonds is 6. The van der Waals surface area contributed by atoms with Gasteiger partial charge in [0.1, 0.15) is 5.82 Å². The molecule has 0 spiro atoms. The van der Waals surface area contributed by atoms with Gasteiger partial charge in [0.15, 0.2) is 34.8 Å². The highest BCUT2D eigenvalue weighted by atomic mass is 32.1. The van der Waals surface area contributed by atoms with E-state index in [0.717, 1.165) is 90.5 Å². The molecule has 0 radical (unpaired) electrons. The van der Waals surface area contributed by atoms with Crippen LogP contribution in [-0.2, 0) is 13.1 Å². The lowest BCUT2D eigenvalue weighted by atomic mass is 9.89. The molecule has 2 fully saturated rings. The summed E-state index contributed by atoms with van der Waals surface area (Å²) in [7, 11) is 0. The van der Waals surface area contributed by atoms with Gasteiger partial charge in [-0.25, -0.2) is 13.2 Å². The van der Waals surface area contributed by atoms with Crippen molar-refractivity contribution in [2.24, 2.45) is 11.8 Å². The summed E-state index contributed by atoms with van der Waals surface area (Å²) < 4.78 is 52.1. The molecule has 0 atom stereocenters. The van der Waals surface area contributed by atoms with Gasteiger partial charge in [0, 0.05) is 45.1 Å². The van der Waals surface area contributed by atoms with Crippen LogP contribution in [-0.4, -0.2) is 32.3 Å². The van der Waals surface area contributed by atoms with Crippen LogP contribution in [0.4, 0.5) is 13.2 Å². The highest BCUT2D eigenvalue weighted by Crippen LogP contribution is 2.51. The fraction of sp³-hybridized carbons (Fsp3) is 0.319. The summed E-state index contributed by atoms with van der Waals surface area (Å²) in [4.78, 5) is 55.3. The van der Waals surface area contributed by atoms with Crippen molar-refractivity contribution in [2.75, 3.05) is 0 Å². The predicted molar refractivity (Wildman–Crippen MR) is 230 cm³/mol. The van der Waals surface area contributed by atoms with Crippen molar-refractivity contribution in [3.8, 4) is 0 Å². The predicted octanol–water partition coefficient (Wildman–Crippen LogP) is 12.9. The van der Waals surface area contributed by atoms with Gasteiger partial charge in [-0.15, -0.1) is 34.0 Å². The zero-order valence-electron chi connectivity index (χ0n) is 32.1. The molecule has 11 rings (SSSR count). The number of carbonyl (C=O) groups excluding carboxylic acids is 4. The molecule has 0 N–H and O–H groups in total. The Hall–Kier alpha value is -4.91. The molecule has 4 aliphatic rings. The molecule has 6 nitrogen and oxygen atoms in total.